The Morgan fingerprint density at radius 3 is 1.52 bits per heavy atom. The molecule has 0 radical (unpaired) electrons. The van der Waals surface area contributed by atoms with E-state index in [0.29, 0.717) is 6.42 Å². The first-order valence-corrected chi connectivity index (χ1v) is 12.1. The summed E-state index contributed by atoms with van der Waals surface area (Å²) < 4.78 is 0. The minimum Gasteiger partial charge on any atom is -0.374 e. The van der Waals surface area contributed by atoms with Crippen molar-refractivity contribution in [1.82, 2.24) is 9.80 Å². The van der Waals surface area contributed by atoms with E-state index in [9.17, 15) is 4.79 Å². The van der Waals surface area contributed by atoms with Gasteiger partial charge in [0, 0.05) is 32.6 Å². The van der Waals surface area contributed by atoms with E-state index in [1.807, 2.05) is 11.1 Å². The number of piperazine rings is 1. The molecule has 0 N–H and O–H groups in total. The second kappa shape index (κ2) is 15.7. The molecule has 0 aromatic carbocycles. The maximum Gasteiger partial charge on any atom is 0.223 e. The fourth-order valence-corrected chi connectivity index (χ4v) is 3.74. The van der Waals surface area contributed by atoms with Crippen LogP contribution in [0.1, 0.15) is 86.0 Å². The van der Waals surface area contributed by atoms with Gasteiger partial charge in [-0.3, -0.25) is 4.79 Å². The van der Waals surface area contributed by atoms with Crippen LogP contribution in [-0.4, -0.2) is 41.9 Å². The number of allylic oxidation sites excluding steroid dienone is 8. The van der Waals surface area contributed by atoms with Crippen molar-refractivity contribution in [3.8, 4) is 0 Å². The van der Waals surface area contributed by atoms with Gasteiger partial charge >= 0.3 is 0 Å². The van der Waals surface area contributed by atoms with Gasteiger partial charge in [-0.2, -0.15) is 0 Å². The summed E-state index contributed by atoms with van der Waals surface area (Å²) in [4.78, 5) is 16.5. The molecule has 1 heterocycles. The van der Waals surface area contributed by atoms with Crippen molar-refractivity contribution in [2.24, 2.45) is 0 Å². The number of carbonyl (C=O) groups excluding carboxylic acids is 1. The largest absolute Gasteiger partial charge is 0.374 e. The van der Waals surface area contributed by atoms with E-state index in [2.05, 4.69) is 70.4 Å². The van der Waals surface area contributed by atoms with Gasteiger partial charge in [-0.1, -0.05) is 53.2 Å². The molecule has 0 aliphatic carbocycles. The third-order valence-corrected chi connectivity index (χ3v) is 5.93. The molecule has 3 heteroatoms. The van der Waals surface area contributed by atoms with Crippen molar-refractivity contribution >= 4 is 5.91 Å². The maximum atomic E-state index is 12.3. The van der Waals surface area contributed by atoms with Crippen LogP contribution in [0.15, 0.2) is 59.4 Å². The van der Waals surface area contributed by atoms with Crippen LogP contribution >= 0.6 is 0 Å². The van der Waals surface area contributed by atoms with Crippen LogP contribution < -0.4 is 0 Å². The smallest absolute Gasteiger partial charge is 0.223 e. The van der Waals surface area contributed by atoms with Crippen LogP contribution in [0.3, 0.4) is 0 Å². The highest BCUT2D eigenvalue weighted by Gasteiger charge is 2.18. The summed E-state index contributed by atoms with van der Waals surface area (Å²) in [6.07, 6.45) is 19.5. The molecule has 174 valence electrons. The number of hydrogen-bond donors (Lipinski definition) is 0. The molecule has 1 fully saturated rings. The minimum atomic E-state index is 0.285. The number of rotatable bonds is 13. The molecule has 0 atom stereocenters. The van der Waals surface area contributed by atoms with Crippen molar-refractivity contribution in [3.05, 3.63) is 59.4 Å². The molecule has 31 heavy (non-hydrogen) atoms. The lowest BCUT2D eigenvalue weighted by Gasteiger charge is -2.33. The van der Waals surface area contributed by atoms with E-state index in [1.165, 1.54) is 28.7 Å². The third-order valence-electron chi connectivity index (χ3n) is 5.93. The average molecular weight is 427 g/mol. The number of carbonyl (C=O) groups is 1. The zero-order chi connectivity index (χ0) is 23.1. The van der Waals surface area contributed by atoms with Gasteiger partial charge in [-0.15, -0.1) is 0 Å². The Bertz CT molecular complexity index is 669. The highest BCUT2D eigenvalue weighted by Crippen LogP contribution is 2.14. The lowest BCUT2D eigenvalue weighted by molar-refractivity contribution is -0.132. The second-order valence-corrected chi connectivity index (χ2v) is 9.19. The van der Waals surface area contributed by atoms with Crippen molar-refractivity contribution < 1.29 is 4.79 Å². The number of amides is 1. The SMILES string of the molecule is C=CN1CCN(C(=O)CCC=C(C)CCC=C(C)CCC=C(C)CCC=C(C)C)CC1. The molecule has 1 aliphatic heterocycles. The van der Waals surface area contributed by atoms with E-state index < -0.39 is 0 Å². The van der Waals surface area contributed by atoms with Crippen LogP contribution in [0.2, 0.25) is 0 Å². The zero-order valence-corrected chi connectivity index (χ0v) is 20.9. The number of nitrogens with zero attached hydrogens (tertiary/aromatic N) is 2. The van der Waals surface area contributed by atoms with Gasteiger partial charge in [-0.05, 0) is 85.8 Å². The van der Waals surface area contributed by atoms with Crippen LogP contribution in [0.4, 0.5) is 0 Å². The molecule has 1 aliphatic rings. The monoisotopic (exact) mass is 426 g/mol. The van der Waals surface area contributed by atoms with Gasteiger partial charge < -0.3 is 9.80 Å². The average Bonchev–Trinajstić information content (AvgIpc) is 2.73. The standard InChI is InChI=1S/C28H46N2O/c1-7-29-20-22-30(23-21-29)28(31)19-11-18-27(6)17-10-16-26(5)15-9-14-25(4)13-8-12-24(2)3/h7,12,14,16,18H,1,8-11,13,15,17,19-23H2,2-6H3. The highest BCUT2D eigenvalue weighted by molar-refractivity contribution is 5.76. The van der Waals surface area contributed by atoms with E-state index in [-0.39, 0.29) is 5.91 Å². The molecule has 1 amide bonds. The summed E-state index contributed by atoms with van der Waals surface area (Å²) in [6.45, 7) is 18.3. The normalized spacial score (nSPS) is 15.8. The first kappa shape index (κ1) is 27.0. The van der Waals surface area contributed by atoms with Gasteiger partial charge in [0.15, 0.2) is 0 Å². The molecule has 1 saturated heterocycles. The van der Waals surface area contributed by atoms with Crippen LogP contribution in [0.5, 0.6) is 0 Å². The number of hydrogen-bond acceptors (Lipinski definition) is 2. The van der Waals surface area contributed by atoms with Crippen LogP contribution in [0.25, 0.3) is 0 Å². The summed E-state index contributed by atoms with van der Waals surface area (Å²) in [6, 6.07) is 0. The third kappa shape index (κ3) is 13.1. The van der Waals surface area contributed by atoms with E-state index in [1.54, 1.807) is 0 Å². The van der Waals surface area contributed by atoms with E-state index in [4.69, 9.17) is 0 Å². The fraction of sp³-hybridized carbons (Fsp3) is 0.607. The van der Waals surface area contributed by atoms with Crippen molar-refractivity contribution in [2.45, 2.75) is 86.0 Å². The lowest BCUT2D eigenvalue weighted by atomic mass is 10.0. The predicted molar refractivity (Wildman–Crippen MR) is 136 cm³/mol. The summed E-state index contributed by atoms with van der Waals surface area (Å²) in [7, 11) is 0. The molecular formula is C28H46N2O. The molecular weight excluding hydrogens is 380 g/mol. The molecule has 0 aromatic rings. The predicted octanol–water partition coefficient (Wildman–Crippen LogP) is 7.20. The van der Waals surface area contributed by atoms with Gasteiger partial charge in [0.1, 0.15) is 0 Å². The lowest BCUT2D eigenvalue weighted by Crippen LogP contribution is -2.46. The van der Waals surface area contributed by atoms with Crippen molar-refractivity contribution in [2.75, 3.05) is 26.2 Å². The van der Waals surface area contributed by atoms with Crippen molar-refractivity contribution in [3.63, 3.8) is 0 Å². The molecule has 1 rings (SSSR count). The fourth-order valence-electron chi connectivity index (χ4n) is 3.74. The Kier molecular flexibility index (Phi) is 13.7. The quantitative estimate of drug-likeness (QED) is 0.291. The van der Waals surface area contributed by atoms with Crippen LogP contribution in [-0.2, 0) is 4.79 Å². The van der Waals surface area contributed by atoms with Gasteiger partial charge in [0.2, 0.25) is 5.91 Å². The van der Waals surface area contributed by atoms with E-state index in [0.717, 1.165) is 64.7 Å². The van der Waals surface area contributed by atoms with Crippen molar-refractivity contribution in [1.29, 1.82) is 0 Å². The first-order chi connectivity index (χ1) is 14.8. The summed E-state index contributed by atoms with van der Waals surface area (Å²) in [5.41, 5.74) is 5.78. The van der Waals surface area contributed by atoms with Gasteiger partial charge in [0.25, 0.3) is 0 Å². The van der Waals surface area contributed by atoms with Gasteiger partial charge in [0.05, 0.1) is 0 Å². The Labute approximate surface area is 192 Å². The van der Waals surface area contributed by atoms with E-state index >= 15 is 0 Å². The first-order valence-electron chi connectivity index (χ1n) is 12.1. The topological polar surface area (TPSA) is 23.6 Å². The zero-order valence-electron chi connectivity index (χ0n) is 20.9. The molecule has 0 unspecified atom stereocenters. The second-order valence-electron chi connectivity index (χ2n) is 9.19. The summed E-state index contributed by atoms with van der Waals surface area (Å²) in [5, 5.41) is 0. The molecule has 0 aromatic heterocycles. The molecule has 0 spiro atoms. The Morgan fingerprint density at radius 1 is 0.677 bits per heavy atom. The van der Waals surface area contributed by atoms with Crippen LogP contribution in [0, 0.1) is 0 Å². The summed E-state index contributed by atoms with van der Waals surface area (Å²) in [5.74, 6) is 0.285. The highest BCUT2D eigenvalue weighted by atomic mass is 16.2. The maximum absolute atomic E-state index is 12.3. The molecule has 0 saturated carbocycles. The Morgan fingerprint density at radius 2 is 1.10 bits per heavy atom. The minimum absolute atomic E-state index is 0.285. The molecule has 0 bridgehead atoms. The summed E-state index contributed by atoms with van der Waals surface area (Å²) >= 11 is 0. The van der Waals surface area contributed by atoms with Gasteiger partial charge in [-0.25, -0.2) is 0 Å². The Hall–Kier alpha value is -2.03. The molecule has 3 nitrogen and oxygen atoms in total. The Balaban J connectivity index is 2.21.